The number of hydrogen-bond donors (Lipinski definition) is 2. The van der Waals surface area contributed by atoms with Crippen LogP contribution in [0.3, 0.4) is 0 Å². The summed E-state index contributed by atoms with van der Waals surface area (Å²) in [6.07, 6.45) is 1.08. The van der Waals surface area contributed by atoms with Gasteiger partial charge in [0.25, 0.3) is 5.91 Å². The fraction of sp³-hybridized carbons (Fsp3) is 0.600. The maximum absolute atomic E-state index is 13.6. The number of carbonyl (C=O) groups excluding carboxylic acids is 2. The van der Waals surface area contributed by atoms with Gasteiger partial charge in [-0.25, -0.2) is 0 Å². The highest BCUT2D eigenvalue weighted by atomic mass is 16.5. The molecule has 0 radical (unpaired) electrons. The lowest BCUT2D eigenvalue weighted by Gasteiger charge is -2.42. The standard InChI is InChI=1S/C20H29N3O4/c1-13(2)23-15-7-5-6-8-16(15)27-20(9-11-26-12-10-20)17(19(23)25)22-18(24)14(3)21-4/h5-8,13-14,17,21H,9-12H2,1-4H3,(H,22,24)/t14-,17+/m0/s1. The summed E-state index contributed by atoms with van der Waals surface area (Å²) in [4.78, 5) is 28.0. The van der Waals surface area contributed by atoms with Crippen molar-refractivity contribution in [2.24, 2.45) is 0 Å². The third-order valence-corrected chi connectivity index (χ3v) is 5.42. The Morgan fingerprint density at radius 2 is 1.89 bits per heavy atom. The summed E-state index contributed by atoms with van der Waals surface area (Å²) >= 11 is 0. The van der Waals surface area contributed by atoms with Crippen molar-refractivity contribution in [3.8, 4) is 5.75 Å². The molecule has 0 aromatic heterocycles. The Morgan fingerprint density at radius 3 is 2.52 bits per heavy atom. The molecule has 0 bridgehead atoms. The maximum atomic E-state index is 13.6. The number of nitrogens with one attached hydrogen (secondary N) is 2. The molecule has 3 rings (SSSR count). The van der Waals surface area contributed by atoms with E-state index in [0.717, 1.165) is 5.69 Å². The Bertz CT molecular complexity index is 700. The van der Waals surface area contributed by atoms with E-state index in [0.29, 0.717) is 31.8 Å². The molecule has 1 aromatic carbocycles. The Hall–Kier alpha value is -2.12. The lowest BCUT2D eigenvalue weighted by molar-refractivity contribution is -0.138. The van der Waals surface area contributed by atoms with Crippen molar-refractivity contribution in [1.29, 1.82) is 0 Å². The molecule has 1 aromatic rings. The second-order valence-corrected chi connectivity index (χ2v) is 7.50. The van der Waals surface area contributed by atoms with Gasteiger partial charge >= 0.3 is 0 Å². The fourth-order valence-corrected chi connectivity index (χ4v) is 3.74. The van der Waals surface area contributed by atoms with Crippen LogP contribution in [0, 0.1) is 0 Å². The largest absolute Gasteiger partial charge is 0.482 e. The van der Waals surface area contributed by atoms with Crippen LogP contribution in [-0.2, 0) is 14.3 Å². The van der Waals surface area contributed by atoms with Crippen molar-refractivity contribution in [3.05, 3.63) is 24.3 Å². The number of amides is 2. The predicted molar refractivity (Wildman–Crippen MR) is 103 cm³/mol. The summed E-state index contributed by atoms with van der Waals surface area (Å²) in [6.45, 7) is 6.68. The average molecular weight is 375 g/mol. The third kappa shape index (κ3) is 3.66. The molecule has 7 nitrogen and oxygen atoms in total. The summed E-state index contributed by atoms with van der Waals surface area (Å²) in [5, 5.41) is 5.89. The second-order valence-electron chi connectivity index (χ2n) is 7.50. The Balaban J connectivity index is 2.07. The van der Waals surface area contributed by atoms with Crippen molar-refractivity contribution in [1.82, 2.24) is 10.6 Å². The maximum Gasteiger partial charge on any atom is 0.254 e. The van der Waals surface area contributed by atoms with Crippen LogP contribution in [-0.4, -0.2) is 55.8 Å². The zero-order chi connectivity index (χ0) is 19.6. The minimum absolute atomic E-state index is 0.0710. The zero-order valence-corrected chi connectivity index (χ0v) is 16.5. The molecule has 1 spiro atoms. The quantitative estimate of drug-likeness (QED) is 0.833. The molecule has 7 heteroatoms. The van der Waals surface area contributed by atoms with Crippen LogP contribution in [0.15, 0.2) is 24.3 Å². The van der Waals surface area contributed by atoms with E-state index in [9.17, 15) is 9.59 Å². The summed E-state index contributed by atoms with van der Waals surface area (Å²) < 4.78 is 12.0. The number of rotatable bonds is 4. The molecule has 2 aliphatic heterocycles. The molecule has 0 aliphatic carbocycles. The van der Waals surface area contributed by atoms with Crippen LogP contribution >= 0.6 is 0 Å². The summed E-state index contributed by atoms with van der Waals surface area (Å²) in [6, 6.07) is 6.31. The van der Waals surface area contributed by atoms with Gasteiger partial charge in [-0.2, -0.15) is 0 Å². The summed E-state index contributed by atoms with van der Waals surface area (Å²) in [7, 11) is 1.72. The van der Waals surface area contributed by atoms with Crippen LogP contribution in [0.1, 0.15) is 33.6 Å². The molecule has 2 heterocycles. The fourth-order valence-electron chi connectivity index (χ4n) is 3.74. The average Bonchev–Trinajstić information content (AvgIpc) is 2.75. The van der Waals surface area contributed by atoms with Crippen molar-refractivity contribution < 1.29 is 19.1 Å². The molecule has 2 N–H and O–H groups in total. The van der Waals surface area contributed by atoms with Gasteiger partial charge in [0.1, 0.15) is 17.4 Å². The molecule has 148 valence electrons. The van der Waals surface area contributed by atoms with E-state index in [-0.39, 0.29) is 17.9 Å². The van der Waals surface area contributed by atoms with Crippen LogP contribution in [0.5, 0.6) is 5.75 Å². The number of anilines is 1. The van der Waals surface area contributed by atoms with E-state index in [1.54, 1.807) is 18.9 Å². The molecule has 1 saturated heterocycles. The molecule has 2 aliphatic rings. The minimum Gasteiger partial charge on any atom is -0.482 e. The molecule has 2 atom stereocenters. The van der Waals surface area contributed by atoms with Gasteiger partial charge in [0, 0.05) is 18.9 Å². The number of ether oxygens (including phenoxy) is 2. The lowest BCUT2D eigenvalue weighted by atomic mass is 9.84. The van der Waals surface area contributed by atoms with Gasteiger partial charge in [0.2, 0.25) is 5.91 Å². The predicted octanol–water partition coefficient (Wildman–Crippen LogP) is 1.46. The van der Waals surface area contributed by atoms with Gasteiger partial charge in [-0.05, 0) is 40.0 Å². The van der Waals surface area contributed by atoms with Gasteiger partial charge in [-0.15, -0.1) is 0 Å². The van der Waals surface area contributed by atoms with Crippen molar-refractivity contribution >= 4 is 17.5 Å². The zero-order valence-electron chi connectivity index (χ0n) is 16.5. The number of carbonyl (C=O) groups is 2. The van der Waals surface area contributed by atoms with E-state index < -0.39 is 17.7 Å². The topological polar surface area (TPSA) is 79.9 Å². The van der Waals surface area contributed by atoms with E-state index in [1.165, 1.54) is 0 Å². The van der Waals surface area contributed by atoms with Gasteiger partial charge < -0.3 is 25.0 Å². The van der Waals surface area contributed by atoms with Crippen LogP contribution in [0.25, 0.3) is 0 Å². The van der Waals surface area contributed by atoms with Gasteiger partial charge in [-0.1, -0.05) is 12.1 Å². The first-order chi connectivity index (χ1) is 12.9. The smallest absolute Gasteiger partial charge is 0.254 e. The Morgan fingerprint density at radius 1 is 1.22 bits per heavy atom. The van der Waals surface area contributed by atoms with Gasteiger partial charge in [-0.3, -0.25) is 9.59 Å². The molecule has 0 unspecified atom stereocenters. The molecular formula is C20H29N3O4. The van der Waals surface area contributed by atoms with Gasteiger partial charge in [0.05, 0.1) is 24.9 Å². The normalized spacial score (nSPS) is 22.8. The Kier molecular flexibility index (Phi) is 5.72. The van der Waals surface area contributed by atoms with E-state index in [4.69, 9.17) is 9.47 Å². The summed E-state index contributed by atoms with van der Waals surface area (Å²) in [5.41, 5.74) is -0.0835. The molecule has 2 amide bonds. The van der Waals surface area contributed by atoms with Gasteiger partial charge in [0.15, 0.2) is 0 Å². The van der Waals surface area contributed by atoms with Crippen molar-refractivity contribution in [2.45, 2.75) is 57.3 Å². The number of hydrogen-bond acceptors (Lipinski definition) is 5. The van der Waals surface area contributed by atoms with E-state index >= 15 is 0 Å². The summed E-state index contributed by atoms with van der Waals surface area (Å²) in [5.74, 6) is 0.299. The van der Waals surface area contributed by atoms with E-state index in [1.807, 2.05) is 38.1 Å². The molecule has 27 heavy (non-hydrogen) atoms. The molecular weight excluding hydrogens is 346 g/mol. The second kappa shape index (κ2) is 7.86. The first kappa shape index (κ1) is 19.6. The van der Waals surface area contributed by atoms with Crippen LogP contribution in [0.4, 0.5) is 5.69 Å². The van der Waals surface area contributed by atoms with Crippen LogP contribution in [0.2, 0.25) is 0 Å². The molecule has 0 saturated carbocycles. The first-order valence-electron chi connectivity index (χ1n) is 9.56. The van der Waals surface area contributed by atoms with Crippen LogP contribution < -0.4 is 20.3 Å². The number of fused-ring (bicyclic) bond motifs is 1. The lowest BCUT2D eigenvalue weighted by Crippen LogP contribution is -2.65. The number of benzene rings is 1. The van der Waals surface area contributed by atoms with E-state index in [2.05, 4.69) is 10.6 Å². The Labute approximate surface area is 160 Å². The van der Waals surface area contributed by atoms with Crippen molar-refractivity contribution in [2.75, 3.05) is 25.2 Å². The number of para-hydroxylation sites is 2. The number of nitrogens with zero attached hydrogens (tertiary/aromatic N) is 1. The highest BCUT2D eigenvalue weighted by molar-refractivity contribution is 6.02. The minimum atomic E-state index is -0.821. The van der Waals surface area contributed by atoms with Crippen molar-refractivity contribution in [3.63, 3.8) is 0 Å². The highest BCUT2D eigenvalue weighted by Crippen LogP contribution is 2.41. The number of likely N-dealkylation sites (N-methyl/N-ethyl adjacent to an activating group) is 1. The third-order valence-electron chi connectivity index (χ3n) is 5.42. The first-order valence-corrected chi connectivity index (χ1v) is 9.56. The highest BCUT2D eigenvalue weighted by Gasteiger charge is 2.52. The SMILES string of the molecule is CN[C@@H](C)C(=O)N[C@@H]1C(=O)N(C(C)C)c2ccccc2OC12CCOCC2. The monoisotopic (exact) mass is 375 g/mol. The molecule has 1 fully saturated rings.